The molecule has 5 rings (SSSR count). The highest BCUT2D eigenvalue weighted by molar-refractivity contribution is 5.94. The Balaban J connectivity index is 0.00000218. The van der Waals surface area contributed by atoms with Crippen molar-refractivity contribution >= 4 is 22.1 Å². The number of benzene rings is 1. The molecule has 3 aromatic heterocycles. The largest absolute Gasteiger partial charge is 0.354 e. The third kappa shape index (κ3) is 4.25. The summed E-state index contributed by atoms with van der Waals surface area (Å²) in [6, 6.07) is 10.9. The molecule has 1 aromatic carbocycles. The van der Waals surface area contributed by atoms with Crippen LogP contribution in [0.1, 0.15) is 38.1 Å². The topological polar surface area (TPSA) is 72.6 Å². The van der Waals surface area contributed by atoms with Gasteiger partial charge in [0, 0.05) is 48.0 Å². The Morgan fingerprint density at radius 1 is 1.07 bits per heavy atom. The Morgan fingerprint density at radius 3 is 2.80 bits per heavy atom. The number of hydrogen-bond donors (Lipinski definition) is 3. The van der Waals surface area contributed by atoms with Crippen molar-refractivity contribution in [3.63, 3.8) is 0 Å². The van der Waals surface area contributed by atoms with E-state index in [0.29, 0.717) is 0 Å². The molecule has 1 saturated heterocycles. The number of hydrogen-bond acceptors (Lipinski definition) is 4. The molecule has 6 nitrogen and oxygen atoms in total. The molecule has 4 aromatic rings. The van der Waals surface area contributed by atoms with Gasteiger partial charge in [-0.05, 0) is 62.7 Å². The van der Waals surface area contributed by atoms with Crippen LogP contribution in [0.25, 0.3) is 33.3 Å². The molecule has 0 radical (unpaired) electrons. The minimum absolute atomic E-state index is 0. The Kier molecular flexibility index (Phi) is 6.16. The van der Waals surface area contributed by atoms with Gasteiger partial charge in [-0.1, -0.05) is 19.9 Å². The van der Waals surface area contributed by atoms with Crippen LogP contribution in [0.3, 0.4) is 0 Å². The van der Waals surface area contributed by atoms with E-state index in [1.165, 1.54) is 43.3 Å². The predicted molar refractivity (Wildman–Crippen MR) is 125 cm³/mol. The maximum absolute atomic E-state index is 4.45. The molecule has 4 heterocycles. The van der Waals surface area contributed by atoms with Gasteiger partial charge in [-0.2, -0.15) is 0 Å². The quantitative estimate of drug-likeness (QED) is 0.410. The highest BCUT2D eigenvalue weighted by atomic mass is 15.1. The second-order valence-corrected chi connectivity index (χ2v) is 8.06. The number of rotatable bonds is 6. The molecule has 0 saturated carbocycles. The lowest BCUT2D eigenvalue weighted by Gasteiger charge is -2.26. The zero-order valence-corrected chi connectivity index (χ0v) is 17.0. The molecule has 158 valence electrons. The molecular formula is C24H32N6. The highest BCUT2D eigenvalue weighted by Gasteiger charge is 2.11. The molecule has 1 aliphatic heterocycles. The first kappa shape index (κ1) is 20.6. The first-order valence-corrected chi connectivity index (χ1v) is 10.6. The van der Waals surface area contributed by atoms with Crippen LogP contribution in [0.5, 0.6) is 0 Å². The Morgan fingerprint density at radius 2 is 1.93 bits per heavy atom. The van der Waals surface area contributed by atoms with Crippen LogP contribution in [0.4, 0.5) is 0 Å². The third-order valence-electron chi connectivity index (χ3n) is 5.87. The molecule has 6 heteroatoms. The lowest BCUT2D eigenvalue weighted by Crippen LogP contribution is -2.35. The molecule has 30 heavy (non-hydrogen) atoms. The number of aryl methyl sites for hydroxylation is 1. The smallest absolute Gasteiger partial charge is 0.178 e. The summed E-state index contributed by atoms with van der Waals surface area (Å²) in [5.41, 5.74) is 6.41. The lowest BCUT2D eigenvalue weighted by molar-refractivity contribution is 0.229. The molecule has 3 N–H and O–H groups in total. The fourth-order valence-corrected chi connectivity index (χ4v) is 4.34. The molecule has 0 bridgehead atoms. The molecular weight excluding hydrogens is 372 g/mol. The second kappa shape index (κ2) is 8.98. The molecule has 0 amide bonds. The van der Waals surface area contributed by atoms with E-state index >= 15 is 0 Å². The summed E-state index contributed by atoms with van der Waals surface area (Å²) in [4.78, 5) is 18.3. The van der Waals surface area contributed by atoms with Gasteiger partial charge in [0.15, 0.2) is 5.65 Å². The standard InChI is InChI=1S/C23H28N6.CH4/c1-16-26-22-19(7-8-25-23(22)27-16)21-14-18-13-17(5-6-20(18)28-21)15-24-9-12-29-10-3-2-4-11-29;/h5-8,13-14,24,28H,2-4,9-12,15H2,1H3,(H,25,26,27);1H4. The van der Waals surface area contributed by atoms with E-state index in [9.17, 15) is 0 Å². The maximum atomic E-state index is 4.45. The van der Waals surface area contributed by atoms with Crippen molar-refractivity contribution < 1.29 is 0 Å². The van der Waals surface area contributed by atoms with Crippen LogP contribution < -0.4 is 5.32 Å². The van der Waals surface area contributed by atoms with Gasteiger partial charge < -0.3 is 20.2 Å². The van der Waals surface area contributed by atoms with Crippen LogP contribution in [0.15, 0.2) is 36.5 Å². The van der Waals surface area contributed by atoms with Crippen molar-refractivity contribution in [3.05, 3.63) is 47.9 Å². The van der Waals surface area contributed by atoms with Crippen molar-refractivity contribution in [1.82, 2.24) is 30.2 Å². The first-order chi connectivity index (χ1) is 14.3. The average molecular weight is 405 g/mol. The minimum Gasteiger partial charge on any atom is -0.354 e. The van der Waals surface area contributed by atoms with Gasteiger partial charge in [0.1, 0.15) is 5.82 Å². The zero-order valence-electron chi connectivity index (χ0n) is 17.0. The van der Waals surface area contributed by atoms with Crippen LogP contribution in [0.2, 0.25) is 0 Å². The summed E-state index contributed by atoms with van der Waals surface area (Å²) in [6.45, 7) is 7.59. The van der Waals surface area contributed by atoms with Crippen LogP contribution >= 0.6 is 0 Å². The van der Waals surface area contributed by atoms with Gasteiger partial charge in [-0.3, -0.25) is 0 Å². The Hall–Kier alpha value is -2.70. The van der Waals surface area contributed by atoms with Gasteiger partial charge >= 0.3 is 0 Å². The van der Waals surface area contributed by atoms with Crippen molar-refractivity contribution in [3.8, 4) is 11.3 Å². The van der Waals surface area contributed by atoms with Crippen molar-refractivity contribution in [2.45, 2.75) is 40.2 Å². The fourth-order valence-electron chi connectivity index (χ4n) is 4.34. The number of piperidine rings is 1. The summed E-state index contributed by atoms with van der Waals surface area (Å²) in [6.07, 6.45) is 5.93. The Labute approximate surface area is 178 Å². The summed E-state index contributed by atoms with van der Waals surface area (Å²) in [5.74, 6) is 0.883. The molecule has 1 fully saturated rings. The average Bonchev–Trinajstić information content (AvgIpc) is 3.33. The molecule has 0 spiro atoms. The van der Waals surface area contributed by atoms with E-state index in [0.717, 1.165) is 53.4 Å². The van der Waals surface area contributed by atoms with Crippen molar-refractivity contribution in [1.29, 1.82) is 0 Å². The maximum Gasteiger partial charge on any atom is 0.178 e. The monoisotopic (exact) mass is 404 g/mol. The van der Waals surface area contributed by atoms with E-state index in [1.54, 1.807) is 0 Å². The van der Waals surface area contributed by atoms with E-state index in [2.05, 4.69) is 54.4 Å². The Bertz CT molecular complexity index is 1120. The third-order valence-corrected chi connectivity index (χ3v) is 5.87. The van der Waals surface area contributed by atoms with E-state index in [-0.39, 0.29) is 7.43 Å². The highest BCUT2D eigenvalue weighted by Crippen LogP contribution is 2.29. The first-order valence-electron chi connectivity index (χ1n) is 10.6. The SMILES string of the molecule is C.Cc1nc2nccc(-c3cc4cc(CNCCN5CCCCC5)ccc4[nH]3)c2[nH]1. The minimum atomic E-state index is 0. The van der Waals surface area contributed by atoms with Gasteiger partial charge in [0.2, 0.25) is 0 Å². The molecule has 1 aliphatic rings. The predicted octanol–water partition coefficient (Wildman–Crippen LogP) is 4.63. The number of aromatic amines is 2. The number of nitrogens with zero attached hydrogens (tertiary/aromatic N) is 3. The van der Waals surface area contributed by atoms with Gasteiger partial charge in [-0.15, -0.1) is 0 Å². The fraction of sp³-hybridized carbons (Fsp3) is 0.417. The summed E-state index contributed by atoms with van der Waals surface area (Å²) in [7, 11) is 0. The van der Waals surface area contributed by atoms with E-state index in [4.69, 9.17) is 0 Å². The molecule has 0 atom stereocenters. The number of fused-ring (bicyclic) bond motifs is 2. The number of H-pyrrole nitrogens is 2. The normalized spacial score (nSPS) is 15.0. The van der Waals surface area contributed by atoms with Gasteiger partial charge in [0.25, 0.3) is 0 Å². The summed E-state index contributed by atoms with van der Waals surface area (Å²) >= 11 is 0. The number of imidazole rings is 1. The molecule has 0 unspecified atom stereocenters. The number of nitrogens with one attached hydrogen (secondary N) is 3. The van der Waals surface area contributed by atoms with Gasteiger partial charge in [0.05, 0.1) is 5.52 Å². The summed E-state index contributed by atoms with van der Waals surface area (Å²) in [5, 5.41) is 4.84. The number of pyridine rings is 1. The van der Waals surface area contributed by atoms with E-state index < -0.39 is 0 Å². The van der Waals surface area contributed by atoms with Crippen LogP contribution in [-0.2, 0) is 6.54 Å². The van der Waals surface area contributed by atoms with Crippen LogP contribution in [0, 0.1) is 6.92 Å². The van der Waals surface area contributed by atoms with Crippen LogP contribution in [-0.4, -0.2) is 51.0 Å². The lowest BCUT2D eigenvalue weighted by atomic mass is 10.1. The van der Waals surface area contributed by atoms with Crippen molar-refractivity contribution in [2.75, 3.05) is 26.2 Å². The molecule has 0 aliphatic carbocycles. The second-order valence-electron chi connectivity index (χ2n) is 8.06. The summed E-state index contributed by atoms with van der Waals surface area (Å²) < 4.78 is 0. The van der Waals surface area contributed by atoms with Crippen molar-refractivity contribution in [2.24, 2.45) is 0 Å². The number of likely N-dealkylation sites (tertiary alicyclic amines) is 1. The zero-order chi connectivity index (χ0) is 19.6. The van der Waals surface area contributed by atoms with Gasteiger partial charge in [-0.25, -0.2) is 9.97 Å². The van der Waals surface area contributed by atoms with E-state index in [1.807, 2.05) is 19.2 Å². The number of aromatic nitrogens is 4.